The highest BCUT2D eigenvalue weighted by molar-refractivity contribution is 5.80. The highest BCUT2D eigenvalue weighted by Crippen LogP contribution is 2.06. The minimum atomic E-state index is -0.204. The van der Waals surface area contributed by atoms with E-state index in [0.29, 0.717) is 13.0 Å². The van der Waals surface area contributed by atoms with E-state index in [1.807, 2.05) is 13.8 Å². The Balaban J connectivity index is 4.18. The molecule has 0 heterocycles. The third-order valence-electron chi connectivity index (χ3n) is 2.93. The van der Waals surface area contributed by atoms with E-state index in [2.05, 4.69) is 5.32 Å². The lowest BCUT2D eigenvalue weighted by Crippen LogP contribution is -2.40. The maximum atomic E-state index is 11.8. The Morgan fingerprint density at radius 3 is 2.24 bits per heavy atom. The van der Waals surface area contributed by atoms with Crippen LogP contribution in [0.2, 0.25) is 0 Å². The first-order valence-electron chi connectivity index (χ1n) is 6.00. The molecule has 0 fully saturated rings. The van der Waals surface area contributed by atoms with E-state index in [4.69, 9.17) is 5.73 Å². The van der Waals surface area contributed by atoms with Gasteiger partial charge in [0.1, 0.15) is 0 Å². The maximum Gasteiger partial charge on any atom is 0.224 e. The van der Waals surface area contributed by atoms with E-state index in [1.165, 1.54) is 0 Å². The fourth-order valence-electron chi connectivity index (χ4n) is 1.44. The Morgan fingerprint density at radius 1 is 1.29 bits per heavy atom. The summed E-state index contributed by atoms with van der Waals surface area (Å²) in [6.45, 7) is 6.20. The van der Waals surface area contributed by atoms with Gasteiger partial charge in [-0.25, -0.2) is 0 Å². The molecule has 3 N–H and O–H groups in total. The van der Waals surface area contributed by atoms with Crippen molar-refractivity contribution in [3.63, 3.8) is 0 Å². The van der Waals surface area contributed by atoms with Crippen LogP contribution < -0.4 is 11.1 Å². The van der Waals surface area contributed by atoms with Gasteiger partial charge in [0.05, 0.1) is 5.92 Å². The molecule has 5 heteroatoms. The first-order valence-corrected chi connectivity index (χ1v) is 6.00. The van der Waals surface area contributed by atoms with E-state index in [1.54, 1.807) is 25.9 Å². The summed E-state index contributed by atoms with van der Waals surface area (Å²) in [7, 11) is 3.30. The fourth-order valence-corrected chi connectivity index (χ4v) is 1.44. The maximum absolute atomic E-state index is 11.8. The molecule has 2 atom stereocenters. The van der Waals surface area contributed by atoms with Crippen LogP contribution in [0, 0.1) is 11.8 Å². The zero-order valence-corrected chi connectivity index (χ0v) is 11.5. The Labute approximate surface area is 104 Å². The number of nitrogens with two attached hydrogens (primary N) is 1. The molecule has 17 heavy (non-hydrogen) atoms. The molecular weight excluding hydrogens is 218 g/mol. The molecule has 0 aliphatic carbocycles. The molecule has 0 aliphatic rings. The molecule has 0 bridgehead atoms. The van der Waals surface area contributed by atoms with Crippen LogP contribution in [0.5, 0.6) is 0 Å². The number of nitrogens with one attached hydrogen (secondary N) is 1. The van der Waals surface area contributed by atoms with Crippen molar-refractivity contribution in [2.75, 3.05) is 20.6 Å². The van der Waals surface area contributed by atoms with Crippen molar-refractivity contribution in [2.45, 2.75) is 33.2 Å². The molecule has 0 saturated heterocycles. The first-order chi connectivity index (χ1) is 7.79. The highest BCUT2D eigenvalue weighted by Gasteiger charge is 2.20. The summed E-state index contributed by atoms with van der Waals surface area (Å²) in [5.74, 6) is 0.00713. The summed E-state index contributed by atoms with van der Waals surface area (Å²) in [6.07, 6.45) is 0.328. The molecule has 0 spiro atoms. The van der Waals surface area contributed by atoms with Crippen molar-refractivity contribution < 1.29 is 9.59 Å². The van der Waals surface area contributed by atoms with Gasteiger partial charge in [-0.1, -0.05) is 20.8 Å². The zero-order valence-electron chi connectivity index (χ0n) is 11.5. The lowest BCUT2D eigenvalue weighted by molar-refractivity contribution is -0.132. The Morgan fingerprint density at radius 2 is 1.82 bits per heavy atom. The number of carbonyl (C=O) groups is 2. The smallest absolute Gasteiger partial charge is 0.224 e. The van der Waals surface area contributed by atoms with Gasteiger partial charge in [-0.3, -0.25) is 9.59 Å². The quantitative estimate of drug-likeness (QED) is 0.700. The third-order valence-corrected chi connectivity index (χ3v) is 2.93. The number of hydrogen-bond acceptors (Lipinski definition) is 3. The number of carbonyl (C=O) groups excluding carboxylic acids is 2. The number of rotatable bonds is 6. The van der Waals surface area contributed by atoms with Gasteiger partial charge in [-0.2, -0.15) is 0 Å². The van der Waals surface area contributed by atoms with Crippen LogP contribution in [-0.4, -0.2) is 43.4 Å². The predicted octanol–water partition coefficient (Wildman–Crippen LogP) is 0.200. The molecular formula is C12H25N3O2. The minimum Gasteiger partial charge on any atom is -0.359 e. The van der Waals surface area contributed by atoms with Crippen LogP contribution in [-0.2, 0) is 9.59 Å². The highest BCUT2D eigenvalue weighted by atomic mass is 16.2. The van der Waals surface area contributed by atoms with Crippen molar-refractivity contribution in [1.82, 2.24) is 10.2 Å². The summed E-state index contributed by atoms with van der Waals surface area (Å²) in [6, 6.07) is -0.125. The summed E-state index contributed by atoms with van der Waals surface area (Å²) in [5.41, 5.74) is 5.85. The largest absolute Gasteiger partial charge is 0.359 e. The van der Waals surface area contributed by atoms with Crippen molar-refractivity contribution in [2.24, 2.45) is 17.6 Å². The van der Waals surface area contributed by atoms with Crippen molar-refractivity contribution in [1.29, 1.82) is 0 Å². The molecule has 0 radical (unpaired) electrons. The first kappa shape index (κ1) is 15.9. The molecule has 0 rings (SSSR count). The van der Waals surface area contributed by atoms with Crippen molar-refractivity contribution in [3.8, 4) is 0 Å². The second-order valence-corrected chi connectivity index (χ2v) is 4.90. The molecule has 2 amide bonds. The van der Waals surface area contributed by atoms with Gasteiger partial charge in [0.15, 0.2) is 0 Å². The van der Waals surface area contributed by atoms with Gasteiger partial charge in [0.2, 0.25) is 11.8 Å². The lowest BCUT2D eigenvalue weighted by atomic mass is 10.0. The monoisotopic (exact) mass is 243 g/mol. The molecule has 0 aromatic rings. The molecule has 2 unspecified atom stereocenters. The van der Waals surface area contributed by atoms with Gasteiger partial charge < -0.3 is 16.0 Å². The van der Waals surface area contributed by atoms with Gasteiger partial charge in [-0.15, -0.1) is 0 Å². The number of nitrogens with zero attached hydrogens (tertiary/aromatic N) is 1. The Kier molecular flexibility index (Phi) is 6.80. The lowest BCUT2D eigenvalue weighted by Gasteiger charge is -2.23. The average molecular weight is 243 g/mol. The minimum absolute atomic E-state index is 0.0121. The molecule has 0 aliphatic heterocycles. The summed E-state index contributed by atoms with van der Waals surface area (Å²) >= 11 is 0. The zero-order chi connectivity index (χ0) is 13.6. The second kappa shape index (κ2) is 7.27. The average Bonchev–Trinajstić information content (AvgIpc) is 2.27. The van der Waals surface area contributed by atoms with E-state index >= 15 is 0 Å². The van der Waals surface area contributed by atoms with Gasteiger partial charge in [0.25, 0.3) is 0 Å². The SMILES string of the molecule is CNC(=O)C(C)CN(C)C(=O)CC(N)C(C)C. The van der Waals surface area contributed by atoms with Gasteiger partial charge in [0, 0.05) is 33.1 Å². The molecule has 5 nitrogen and oxygen atoms in total. The Bertz CT molecular complexity index is 266. The third kappa shape index (κ3) is 5.68. The summed E-state index contributed by atoms with van der Waals surface area (Å²) in [5, 5.41) is 2.57. The molecule has 100 valence electrons. The van der Waals surface area contributed by atoms with Gasteiger partial charge in [-0.05, 0) is 5.92 Å². The fraction of sp³-hybridized carbons (Fsp3) is 0.833. The van der Waals surface area contributed by atoms with Crippen LogP contribution in [0.3, 0.4) is 0 Å². The molecule has 0 aromatic carbocycles. The Hall–Kier alpha value is -1.10. The van der Waals surface area contributed by atoms with Crippen LogP contribution in [0.15, 0.2) is 0 Å². The predicted molar refractivity (Wildman–Crippen MR) is 68.3 cm³/mol. The van der Waals surface area contributed by atoms with E-state index in [9.17, 15) is 9.59 Å². The van der Waals surface area contributed by atoms with E-state index in [-0.39, 0.29) is 29.7 Å². The number of amides is 2. The second-order valence-electron chi connectivity index (χ2n) is 4.90. The molecule has 0 aromatic heterocycles. The van der Waals surface area contributed by atoms with E-state index in [0.717, 1.165) is 0 Å². The normalized spacial score (nSPS) is 14.3. The van der Waals surface area contributed by atoms with Crippen molar-refractivity contribution in [3.05, 3.63) is 0 Å². The topological polar surface area (TPSA) is 75.4 Å². The standard InChI is InChI=1S/C12H25N3O2/c1-8(2)10(13)6-11(16)15(5)7-9(3)12(17)14-4/h8-10H,6-7,13H2,1-5H3,(H,14,17). The summed E-state index contributed by atoms with van der Waals surface area (Å²) in [4.78, 5) is 24.7. The van der Waals surface area contributed by atoms with E-state index < -0.39 is 0 Å². The van der Waals surface area contributed by atoms with Gasteiger partial charge >= 0.3 is 0 Å². The van der Waals surface area contributed by atoms with Crippen LogP contribution in [0.4, 0.5) is 0 Å². The van der Waals surface area contributed by atoms with Crippen molar-refractivity contribution >= 4 is 11.8 Å². The van der Waals surface area contributed by atoms with Crippen LogP contribution >= 0.6 is 0 Å². The summed E-state index contributed by atoms with van der Waals surface area (Å²) < 4.78 is 0. The molecule has 0 saturated carbocycles. The van der Waals surface area contributed by atoms with Crippen LogP contribution in [0.1, 0.15) is 27.2 Å². The number of hydrogen-bond donors (Lipinski definition) is 2. The van der Waals surface area contributed by atoms with Crippen LogP contribution in [0.25, 0.3) is 0 Å².